The van der Waals surface area contributed by atoms with Crippen LogP contribution < -0.4 is 11.1 Å². The fourth-order valence-electron chi connectivity index (χ4n) is 5.30. The lowest BCUT2D eigenvalue weighted by Gasteiger charge is -2.21. The maximum atomic E-state index is 13.4. The van der Waals surface area contributed by atoms with Gasteiger partial charge >= 0.3 is 0 Å². The number of nitrogens with two attached hydrogens (primary N) is 1. The average Bonchev–Trinajstić information content (AvgIpc) is 3.54. The summed E-state index contributed by atoms with van der Waals surface area (Å²) in [6.45, 7) is 2.32. The molecule has 2 heterocycles. The van der Waals surface area contributed by atoms with Crippen molar-refractivity contribution in [3.63, 3.8) is 0 Å². The molecule has 4 N–H and O–H groups in total. The first-order valence-electron chi connectivity index (χ1n) is 12.0. The molecule has 3 aromatic rings. The van der Waals surface area contributed by atoms with Crippen molar-refractivity contribution in [2.24, 2.45) is 5.73 Å². The number of unbranched alkanes of at least 4 members (excludes halogenated alkanes) is 1. The van der Waals surface area contributed by atoms with Crippen LogP contribution in [0.3, 0.4) is 0 Å². The first-order valence-corrected chi connectivity index (χ1v) is 13.2. The van der Waals surface area contributed by atoms with Crippen molar-refractivity contribution in [2.75, 3.05) is 19.6 Å². The number of primary amides is 1. The second kappa shape index (κ2) is 10.2. The first-order chi connectivity index (χ1) is 16.9. The second-order valence-corrected chi connectivity index (χ2v) is 10.7. The van der Waals surface area contributed by atoms with Crippen LogP contribution in [0.15, 0.2) is 46.9 Å². The van der Waals surface area contributed by atoms with E-state index >= 15 is 0 Å². The number of carbonyl (C=O) groups excluding carboxylic acids is 2. The zero-order valence-corrected chi connectivity index (χ0v) is 21.7. The van der Waals surface area contributed by atoms with E-state index in [9.17, 15) is 9.59 Å². The molecule has 1 fully saturated rings. The zero-order valence-electron chi connectivity index (χ0n) is 19.4. The van der Waals surface area contributed by atoms with Crippen molar-refractivity contribution in [1.82, 2.24) is 15.2 Å². The Hall–Kier alpha value is -2.61. The standard InChI is InChI=1S/C27H28BrClN4O2/c28-18-5-7-20-16(12-18)14-21(23-15-17-13-19(29)6-8-22(17)32-23)25(20)27(35)31-9-1-2-10-33-11-3-4-24(33)26(30)34/h5-8,12-13,15,24,32H,1-4,9-11,14H2,(H2,30,34)(H,31,35)/t24-/m0/s1. The lowest BCUT2D eigenvalue weighted by molar-refractivity contribution is -0.122. The molecule has 2 amide bonds. The van der Waals surface area contributed by atoms with E-state index in [0.29, 0.717) is 18.0 Å². The number of halogens is 2. The third kappa shape index (κ3) is 5.03. The predicted octanol–water partition coefficient (Wildman–Crippen LogP) is 4.90. The summed E-state index contributed by atoms with van der Waals surface area (Å²) in [5, 5.41) is 4.83. The van der Waals surface area contributed by atoms with E-state index in [2.05, 4.69) is 43.3 Å². The van der Waals surface area contributed by atoms with Crippen LogP contribution in [-0.4, -0.2) is 47.4 Å². The van der Waals surface area contributed by atoms with Gasteiger partial charge in [0.2, 0.25) is 5.91 Å². The van der Waals surface area contributed by atoms with Crippen molar-refractivity contribution in [3.8, 4) is 0 Å². The highest BCUT2D eigenvalue weighted by atomic mass is 79.9. The molecule has 0 unspecified atom stereocenters. The fraction of sp³-hybridized carbons (Fsp3) is 0.333. The highest BCUT2D eigenvalue weighted by molar-refractivity contribution is 9.10. The van der Waals surface area contributed by atoms with Crippen molar-refractivity contribution < 1.29 is 9.59 Å². The summed E-state index contributed by atoms with van der Waals surface area (Å²) in [5.41, 5.74) is 11.3. The van der Waals surface area contributed by atoms with Gasteiger partial charge in [-0.15, -0.1) is 0 Å². The van der Waals surface area contributed by atoms with Crippen LogP contribution in [0.2, 0.25) is 5.02 Å². The number of H-pyrrole nitrogens is 1. The Kier molecular flexibility index (Phi) is 7.00. The monoisotopic (exact) mass is 554 g/mol. The van der Waals surface area contributed by atoms with Crippen LogP contribution >= 0.6 is 27.5 Å². The van der Waals surface area contributed by atoms with E-state index in [1.54, 1.807) is 0 Å². The molecule has 182 valence electrons. The highest BCUT2D eigenvalue weighted by Crippen LogP contribution is 2.40. The molecular weight excluding hydrogens is 528 g/mol. The zero-order chi connectivity index (χ0) is 24.5. The molecule has 0 saturated carbocycles. The summed E-state index contributed by atoms with van der Waals surface area (Å²) >= 11 is 9.74. The summed E-state index contributed by atoms with van der Waals surface area (Å²) in [6.07, 6.45) is 4.29. The normalized spacial score (nSPS) is 17.8. The van der Waals surface area contributed by atoms with Gasteiger partial charge in [0, 0.05) is 39.1 Å². The van der Waals surface area contributed by atoms with Gasteiger partial charge in [-0.05, 0) is 91.9 Å². The van der Waals surface area contributed by atoms with E-state index in [-0.39, 0.29) is 17.9 Å². The van der Waals surface area contributed by atoms with Gasteiger partial charge in [0.1, 0.15) is 0 Å². The van der Waals surface area contributed by atoms with Gasteiger partial charge in [-0.25, -0.2) is 0 Å². The molecule has 0 bridgehead atoms. The number of aromatic amines is 1. The molecule has 35 heavy (non-hydrogen) atoms. The van der Waals surface area contributed by atoms with Gasteiger partial charge < -0.3 is 16.0 Å². The van der Waals surface area contributed by atoms with E-state index in [4.69, 9.17) is 17.3 Å². The number of nitrogens with zero attached hydrogens (tertiary/aromatic N) is 1. The van der Waals surface area contributed by atoms with E-state index in [1.165, 1.54) is 0 Å². The Labute approximate surface area is 218 Å². The molecular formula is C27H28BrClN4O2. The summed E-state index contributed by atoms with van der Waals surface area (Å²) in [6, 6.07) is 13.8. The molecule has 5 rings (SSSR count). The third-order valence-corrected chi connectivity index (χ3v) is 7.72. The fourth-order valence-corrected chi connectivity index (χ4v) is 5.88. The topological polar surface area (TPSA) is 91.2 Å². The van der Waals surface area contributed by atoms with Gasteiger partial charge in [0.15, 0.2) is 0 Å². The van der Waals surface area contributed by atoms with Gasteiger partial charge in [0.25, 0.3) is 5.91 Å². The maximum Gasteiger partial charge on any atom is 0.252 e. The van der Waals surface area contributed by atoms with E-state index in [1.807, 2.05) is 30.3 Å². The summed E-state index contributed by atoms with van der Waals surface area (Å²) in [4.78, 5) is 30.6. The maximum absolute atomic E-state index is 13.4. The number of rotatable bonds is 8. The Bertz CT molecular complexity index is 1330. The lowest BCUT2D eigenvalue weighted by Crippen LogP contribution is -2.40. The Balaban J connectivity index is 1.30. The number of hydrogen-bond donors (Lipinski definition) is 3. The van der Waals surface area contributed by atoms with Crippen molar-refractivity contribution >= 4 is 61.4 Å². The quantitative estimate of drug-likeness (QED) is 0.346. The number of benzene rings is 2. The van der Waals surface area contributed by atoms with Gasteiger partial charge in [-0.2, -0.15) is 0 Å². The van der Waals surface area contributed by atoms with Crippen molar-refractivity contribution in [2.45, 2.75) is 38.1 Å². The number of hydrogen-bond acceptors (Lipinski definition) is 3. The summed E-state index contributed by atoms with van der Waals surface area (Å²) in [5.74, 6) is -0.296. The molecule has 2 aromatic carbocycles. The molecule has 6 nitrogen and oxygen atoms in total. The number of likely N-dealkylation sites (tertiary alicyclic amines) is 1. The second-order valence-electron chi connectivity index (χ2n) is 9.31. The minimum Gasteiger partial charge on any atom is -0.368 e. The molecule has 2 aliphatic rings. The number of fused-ring (bicyclic) bond motifs is 2. The van der Waals surface area contributed by atoms with Gasteiger partial charge in [-0.3, -0.25) is 14.5 Å². The smallest absolute Gasteiger partial charge is 0.252 e. The van der Waals surface area contributed by atoms with Crippen molar-refractivity contribution in [1.29, 1.82) is 0 Å². The largest absolute Gasteiger partial charge is 0.368 e. The minimum absolute atomic E-state index is 0.0612. The summed E-state index contributed by atoms with van der Waals surface area (Å²) < 4.78 is 0.997. The van der Waals surface area contributed by atoms with Crippen LogP contribution in [-0.2, 0) is 16.0 Å². The van der Waals surface area contributed by atoms with Gasteiger partial charge in [-0.1, -0.05) is 33.6 Å². The van der Waals surface area contributed by atoms with E-state index < -0.39 is 0 Å². The SMILES string of the molecule is NC(=O)[C@@H]1CCCN1CCCCNC(=O)C1=C(c2cc3cc(Cl)ccc3[nH]2)Cc2cc(Br)ccc21. The van der Waals surface area contributed by atoms with Crippen LogP contribution in [0.5, 0.6) is 0 Å². The minimum atomic E-state index is -0.235. The molecule has 0 spiro atoms. The van der Waals surface area contributed by atoms with Crippen molar-refractivity contribution in [3.05, 3.63) is 68.8 Å². The van der Waals surface area contributed by atoms with Crippen LogP contribution in [0.1, 0.15) is 42.5 Å². The molecule has 1 aliphatic heterocycles. The number of allylic oxidation sites excluding steroid dienone is 1. The molecule has 1 saturated heterocycles. The number of carbonyl (C=O) groups is 2. The summed E-state index contributed by atoms with van der Waals surface area (Å²) in [7, 11) is 0. The predicted molar refractivity (Wildman–Crippen MR) is 144 cm³/mol. The van der Waals surface area contributed by atoms with Crippen LogP contribution in [0, 0.1) is 0 Å². The lowest BCUT2D eigenvalue weighted by atomic mass is 10.0. The first kappa shape index (κ1) is 24.1. The molecule has 1 aliphatic carbocycles. The number of nitrogens with one attached hydrogen (secondary N) is 2. The molecule has 8 heteroatoms. The average molecular weight is 556 g/mol. The van der Waals surface area contributed by atoms with Crippen LogP contribution in [0.4, 0.5) is 0 Å². The van der Waals surface area contributed by atoms with Crippen LogP contribution in [0.25, 0.3) is 22.0 Å². The number of aromatic nitrogens is 1. The Morgan fingerprint density at radius 3 is 2.86 bits per heavy atom. The molecule has 1 aromatic heterocycles. The Morgan fingerprint density at radius 2 is 2.03 bits per heavy atom. The molecule has 0 radical (unpaired) electrons. The third-order valence-electron chi connectivity index (χ3n) is 6.99. The molecule has 1 atom stereocenters. The Morgan fingerprint density at radius 1 is 1.17 bits per heavy atom. The highest BCUT2D eigenvalue weighted by Gasteiger charge is 2.29. The van der Waals surface area contributed by atoms with E-state index in [0.717, 1.165) is 82.1 Å². The number of amides is 2. The van der Waals surface area contributed by atoms with Gasteiger partial charge in [0.05, 0.1) is 11.6 Å².